The minimum absolute atomic E-state index is 0.293. The first-order valence-electron chi connectivity index (χ1n) is 9.87. The van der Waals surface area contributed by atoms with Crippen LogP contribution >= 0.6 is 11.6 Å². The van der Waals surface area contributed by atoms with E-state index in [0.29, 0.717) is 16.4 Å². The number of anilines is 1. The Bertz CT molecular complexity index is 1160. The molecule has 3 aromatic carbocycles. The summed E-state index contributed by atoms with van der Waals surface area (Å²) in [7, 11) is 0. The van der Waals surface area contributed by atoms with E-state index >= 15 is 0 Å². The van der Waals surface area contributed by atoms with Crippen molar-refractivity contribution in [2.24, 2.45) is 10.1 Å². The van der Waals surface area contributed by atoms with Gasteiger partial charge in [0.2, 0.25) is 0 Å². The number of aliphatic imine (C=N–C) groups is 1. The first-order chi connectivity index (χ1) is 15.9. The summed E-state index contributed by atoms with van der Waals surface area (Å²) in [5, 5.41) is 4.87. The number of nitrogens with one attached hydrogen (secondary N) is 1. The van der Waals surface area contributed by atoms with Crippen molar-refractivity contribution in [2.45, 2.75) is 12.5 Å². The van der Waals surface area contributed by atoms with Crippen LogP contribution in [0.25, 0.3) is 0 Å². The first kappa shape index (κ1) is 22.4. The maximum absolute atomic E-state index is 12.3. The molecule has 1 heterocycles. The maximum atomic E-state index is 12.3. The number of rotatable bonds is 6. The molecule has 0 radical (unpaired) electrons. The Morgan fingerprint density at radius 3 is 2.33 bits per heavy atom. The monoisotopic (exact) mass is 470 g/mol. The Morgan fingerprint density at radius 1 is 0.970 bits per heavy atom. The van der Waals surface area contributed by atoms with Crippen LogP contribution in [-0.2, 0) is 0 Å². The average Bonchev–Trinajstić information content (AvgIpc) is 2.80. The van der Waals surface area contributed by atoms with Gasteiger partial charge in [-0.2, -0.15) is 5.10 Å². The van der Waals surface area contributed by atoms with Gasteiger partial charge in [0.1, 0.15) is 11.6 Å². The van der Waals surface area contributed by atoms with Crippen molar-refractivity contribution in [1.29, 1.82) is 0 Å². The molecule has 0 amide bonds. The lowest BCUT2D eigenvalue weighted by molar-refractivity contribution is -0.274. The largest absolute Gasteiger partial charge is 0.573 e. The van der Waals surface area contributed by atoms with E-state index in [1.165, 1.54) is 30.5 Å². The lowest BCUT2D eigenvalue weighted by Gasteiger charge is -2.34. The second kappa shape index (κ2) is 9.79. The van der Waals surface area contributed by atoms with Crippen LogP contribution in [-0.4, -0.2) is 18.8 Å². The fraction of sp³-hybridized carbons (Fsp3) is 0.0833. The highest BCUT2D eigenvalue weighted by molar-refractivity contribution is 6.30. The van der Waals surface area contributed by atoms with Gasteiger partial charge in [-0.3, -0.25) is 15.3 Å². The van der Waals surface area contributed by atoms with Crippen molar-refractivity contribution in [3.8, 4) is 5.75 Å². The molecule has 0 aliphatic carbocycles. The summed E-state index contributed by atoms with van der Waals surface area (Å²) in [5.41, 5.74) is 5.44. The van der Waals surface area contributed by atoms with E-state index in [-0.39, 0.29) is 11.9 Å². The van der Waals surface area contributed by atoms with Crippen LogP contribution in [0.1, 0.15) is 17.3 Å². The summed E-state index contributed by atoms with van der Waals surface area (Å²) in [4.78, 5) is 6.60. The van der Waals surface area contributed by atoms with E-state index in [1.54, 1.807) is 24.4 Å². The maximum Gasteiger partial charge on any atom is 0.573 e. The third kappa shape index (κ3) is 5.93. The molecule has 1 aliphatic heterocycles. The molecule has 1 unspecified atom stereocenters. The van der Waals surface area contributed by atoms with Gasteiger partial charge in [-0.15, -0.1) is 13.2 Å². The van der Waals surface area contributed by atoms with Crippen LogP contribution in [0.15, 0.2) is 101 Å². The summed E-state index contributed by atoms with van der Waals surface area (Å²) < 4.78 is 40.8. The fourth-order valence-electron chi connectivity index (χ4n) is 3.24. The van der Waals surface area contributed by atoms with E-state index in [9.17, 15) is 13.2 Å². The van der Waals surface area contributed by atoms with Crippen molar-refractivity contribution in [1.82, 2.24) is 5.43 Å². The topological polar surface area (TPSA) is 49.2 Å². The molecule has 4 rings (SSSR count). The van der Waals surface area contributed by atoms with Gasteiger partial charge in [-0.25, -0.2) is 0 Å². The van der Waals surface area contributed by atoms with Gasteiger partial charge in [0.15, 0.2) is 6.17 Å². The minimum atomic E-state index is -4.73. The summed E-state index contributed by atoms with van der Waals surface area (Å²) in [6.45, 7) is 0. The molecule has 0 aromatic heterocycles. The molecule has 0 saturated carbocycles. The van der Waals surface area contributed by atoms with Crippen LogP contribution in [0.5, 0.6) is 5.75 Å². The lowest BCUT2D eigenvalue weighted by atomic mass is 10.1. The number of ether oxygens (including phenoxy) is 1. The molecule has 0 bridgehead atoms. The number of allylic oxidation sites excluding steroid dienone is 1. The molecular weight excluding hydrogens is 453 g/mol. The van der Waals surface area contributed by atoms with Gasteiger partial charge >= 0.3 is 6.36 Å². The van der Waals surface area contributed by atoms with Gasteiger partial charge in [-0.1, -0.05) is 41.9 Å². The van der Waals surface area contributed by atoms with E-state index in [0.717, 1.165) is 11.3 Å². The quantitative estimate of drug-likeness (QED) is 0.340. The smallest absolute Gasteiger partial charge is 0.406 e. The average molecular weight is 471 g/mol. The minimum Gasteiger partial charge on any atom is -0.406 e. The first-order valence-corrected chi connectivity index (χ1v) is 10.2. The highest BCUT2D eigenvalue weighted by atomic mass is 35.5. The number of nitrogens with zero attached hydrogens (tertiary/aromatic N) is 3. The molecule has 33 heavy (non-hydrogen) atoms. The number of hydrazone groups is 1. The second-order valence-electron chi connectivity index (χ2n) is 6.97. The van der Waals surface area contributed by atoms with Crippen molar-refractivity contribution in [3.63, 3.8) is 0 Å². The predicted molar refractivity (Wildman–Crippen MR) is 124 cm³/mol. The van der Waals surface area contributed by atoms with Gasteiger partial charge in [-0.05, 0) is 65.7 Å². The molecule has 0 spiro atoms. The number of benzene rings is 3. The van der Waals surface area contributed by atoms with Crippen LogP contribution < -0.4 is 15.1 Å². The molecular formula is C24H18ClF3N4O. The third-order valence-corrected chi connectivity index (χ3v) is 4.92. The number of hydrogen-bond acceptors (Lipinski definition) is 5. The zero-order valence-electron chi connectivity index (χ0n) is 17.1. The van der Waals surface area contributed by atoms with Crippen molar-refractivity contribution in [3.05, 3.63) is 107 Å². The lowest BCUT2D eigenvalue weighted by Crippen LogP contribution is -2.34. The van der Waals surface area contributed by atoms with Crippen molar-refractivity contribution >= 4 is 29.7 Å². The van der Waals surface area contributed by atoms with E-state index < -0.39 is 6.36 Å². The van der Waals surface area contributed by atoms with E-state index in [1.807, 2.05) is 47.4 Å². The van der Waals surface area contributed by atoms with E-state index in [2.05, 4.69) is 20.3 Å². The molecule has 0 saturated heterocycles. The predicted octanol–water partition coefficient (Wildman–Crippen LogP) is 6.29. The molecule has 168 valence electrons. The summed E-state index contributed by atoms with van der Waals surface area (Å²) in [5.74, 6) is 0.368. The van der Waals surface area contributed by atoms with E-state index in [4.69, 9.17) is 11.6 Å². The van der Waals surface area contributed by atoms with Crippen LogP contribution in [0, 0.1) is 0 Å². The van der Waals surface area contributed by atoms with Gasteiger partial charge < -0.3 is 4.74 Å². The number of alkyl halides is 3. The molecule has 9 heteroatoms. The normalized spacial score (nSPS) is 16.1. The Balaban J connectivity index is 1.54. The number of halogens is 4. The molecule has 1 aliphatic rings. The molecule has 1 N–H and O–H groups in total. The highest BCUT2D eigenvalue weighted by Gasteiger charge is 2.31. The van der Waals surface area contributed by atoms with Gasteiger partial charge in [0, 0.05) is 16.9 Å². The fourth-order valence-corrected chi connectivity index (χ4v) is 3.36. The van der Waals surface area contributed by atoms with Crippen LogP contribution in [0.3, 0.4) is 0 Å². The van der Waals surface area contributed by atoms with Crippen LogP contribution in [0.2, 0.25) is 5.02 Å². The summed E-state index contributed by atoms with van der Waals surface area (Å²) in [6.07, 6.45) is -0.0702. The van der Waals surface area contributed by atoms with Gasteiger partial charge in [0.25, 0.3) is 0 Å². The zero-order valence-corrected chi connectivity index (χ0v) is 17.8. The molecule has 1 atom stereocenters. The van der Waals surface area contributed by atoms with Crippen molar-refractivity contribution < 1.29 is 17.9 Å². The molecule has 0 fully saturated rings. The standard InChI is InChI=1S/C24H18ClF3N4O/c25-19-8-10-20(11-9-19)32-22(14-15-29-23(32)18-4-2-1-3-5-18)31-30-16-17-6-12-21(13-7-17)33-24(26,27)28/h1-16,23,31H. The summed E-state index contributed by atoms with van der Waals surface area (Å²) >= 11 is 6.07. The Labute approximate surface area is 193 Å². The summed E-state index contributed by atoms with van der Waals surface area (Å²) in [6, 6.07) is 22.6. The van der Waals surface area contributed by atoms with Gasteiger partial charge in [0.05, 0.1) is 6.21 Å². The Hall–Kier alpha value is -3.78. The Morgan fingerprint density at radius 2 is 1.67 bits per heavy atom. The molecule has 3 aromatic rings. The third-order valence-electron chi connectivity index (χ3n) is 4.67. The number of hydrogen-bond donors (Lipinski definition) is 1. The zero-order chi connectivity index (χ0) is 23.3. The van der Waals surface area contributed by atoms with Crippen LogP contribution in [0.4, 0.5) is 18.9 Å². The SMILES string of the molecule is FC(F)(F)Oc1ccc(C=NNC2=CC=NC(c3ccccc3)N2c2ccc(Cl)cc2)cc1. The second-order valence-corrected chi connectivity index (χ2v) is 7.40. The highest BCUT2D eigenvalue weighted by Crippen LogP contribution is 2.33. The molecule has 5 nitrogen and oxygen atoms in total. The van der Waals surface area contributed by atoms with Crippen molar-refractivity contribution in [2.75, 3.05) is 4.90 Å². The Kier molecular flexibility index (Phi) is 6.65.